The Morgan fingerprint density at radius 1 is 0.886 bits per heavy atom. The number of ketones is 1. The Labute approximate surface area is 260 Å². The van der Waals surface area contributed by atoms with E-state index in [2.05, 4.69) is 0 Å². The highest BCUT2D eigenvalue weighted by atomic mass is 35.5. The van der Waals surface area contributed by atoms with E-state index in [0.29, 0.717) is 28.4 Å². The molecular formula is C32H23Cl2N3O7. The number of nitro groups is 1. The van der Waals surface area contributed by atoms with Gasteiger partial charge in [0.15, 0.2) is 5.78 Å². The molecule has 2 saturated carbocycles. The third-order valence-corrected chi connectivity index (χ3v) is 9.58. The fraction of sp³-hybridized carbons (Fsp3) is 0.250. The van der Waals surface area contributed by atoms with E-state index >= 15 is 0 Å². The van der Waals surface area contributed by atoms with E-state index < -0.39 is 46.8 Å². The largest absolute Gasteiger partial charge is 0.457 e. The van der Waals surface area contributed by atoms with Gasteiger partial charge in [0, 0.05) is 22.7 Å². The number of allylic oxidation sites excluding steroid dienone is 2. The molecule has 222 valence electrons. The van der Waals surface area contributed by atoms with Gasteiger partial charge in [-0.1, -0.05) is 35.4 Å². The highest BCUT2D eigenvalue weighted by molar-refractivity contribution is 6.36. The molecule has 10 nitrogen and oxygen atoms in total. The summed E-state index contributed by atoms with van der Waals surface area (Å²) in [6, 6.07) is 15.8. The molecule has 3 amide bonds. The quantitative estimate of drug-likeness (QED) is 0.0982. The Bertz CT molecular complexity index is 1740. The van der Waals surface area contributed by atoms with Gasteiger partial charge in [0.25, 0.3) is 23.4 Å². The van der Waals surface area contributed by atoms with Crippen molar-refractivity contribution in [2.24, 2.45) is 35.5 Å². The summed E-state index contributed by atoms with van der Waals surface area (Å²) < 4.78 is 5.72. The average molecular weight is 632 g/mol. The molecule has 6 atom stereocenters. The Balaban J connectivity index is 1.15. The number of nitrogens with zero attached hydrogens (tertiary/aromatic N) is 3. The molecule has 0 aromatic heterocycles. The van der Waals surface area contributed by atoms with Crippen molar-refractivity contribution in [1.82, 2.24) is 10.0 Å². The molecule has 3 aromatic rings. The molecule has 0 N–H and O–H groups in total. The molecule has 12 heteroatoms. The highest BCUT2D eigenvalue weighted by Crippen LogP contribution is 2.65. The predicted molar refractivity (Wildman–Crippen MR) is 158 cm³/mol. The van der Waals surface area contributed by atoms with Crippen molar-refractivity contribution >= 4 is 52.4 Å². The van der Waals surface area contributed by atoms with E-state index in [4.69, 9.17) is 27.9 Å². The highest BCUT2D eigenvalue weighted by Gasteiger charge is 2.68. The van der Waals surface area contributed by atoms with E-state index in [0.717, 1.165) is 16.4 Å². The molecule has 2 bridgehead atoms. The van der Waals surface area contributed by atoms with Gasteiger partial charge < -0.3 is 4.74 Å². The fourth-order valence-corrected chi connectivity index (χ4v) is 7.41. The van der Waals surface area contributed by atoms with Gasteiger partial charge in [0.1, 0.15) is 18.0 Å². The van der Waals surface area contributed by atoms with Crippen molar-refractivity contribution in [3.8, 4) is 11.5 Å². The summed E-state index contributed by atoms with van der Waals surface area (Å²) >= 11 is 12.4. The second-order valence-corrected chi connectivity index (χ2v) is 12.3. The number of hydrazine groups is 1. The van der Waals surface area contributed by atoms with E-state index in [-0.39, 0.29) is 33.7 Å². The van der Waals surface area contributed by atoms with Crippen LogP contribution >= 0.6 is 23.2 Å². The minimum atomic E-state index is -0.774. The first kappa shape index (κ1) is 28.2. The summed E-state index contributed by atoms with van der Waals surface area (Å²) in [5, 5.41) is 13.0. The van der Waals surface area contributed by atoms with Crippen LogP contribution in [0.2, 0.25) is 10.0 Å². The third-order valence-electron chi connectivity index (χ3n) is 9.03. The summed E-state index contributed by atoms with van der Waals surface area (Å²) in [6.07, 6.45) is 5.05. The first-order valence-electron chi connectivity index (χ1n) is 14.0. The maximum Gasteiger partial charge on any atom is 0.274 e. The number of carbonyl (C=O) groups is 4. The number of nitro benzene ring substituents is 1. The molecule has 0 radical (unpaired) electrons. The molecule has 0 unspecified atom stereocenters. The van der Waals surface area contributed by atoms with Gasteiger partial charge in [0.2, 0.25) is 0 Å². The molecule has 3 aromatic carbocycles. The van der Waals surface area contributed by atoms with E-state index in [1.807, 2.05) is 12.2 Å². The molecule has 1 heterocycles. The smallest absolute Gasteiger partial charge is 0.274 e. The summed E-state index contributed by atoms with van der Waals surface area (Å²) in [5.41, 5.74) is 0.128. The number of Topliss-reactive ketones (excluding diaryl/α,β-unsaturated/α-hetero) is 1. The summed E-state index contributed by atoms with van der Waals surface area (Å²) in [7, 11) is 0. The second-order valence-electron chi connectivity index (χ2n) is 11.4. The van der Waals surface area contributed by atoms with Crippen molar-refractivity contribution in [3.63, 3.8) is 0 Å². The monoisotopic (exact) mass is 631 g/mol. The van der Waals surface area contributed by atoms with E-state index in [9.17, 15) is 29.3 Å². The average Bonchev–Trinajstić information content (AvgIpc) is 3.79. The number of benzene rings is 3. The lowest BCUT2D eigenvalue weighted by molar-refractivity contribution is -0.384. The van der Waals surface area contributed by atoms with Gasteiger partial charge in [-0.15, -0.1) is 0 Å². The van der Waals surface area contributed by atoms with Crippen LogP contribution in [0, 0.1) is 45.6 Å². The van der Waals surface area contributed by atoms with Crippen molar-refractivity contribution in [1.29, 1.82) is 0 Å². The maximum atomic E-state index is 13.9. The zero-order chi connectivity index (χ0) is 30.9. The lowest BCUT2D eigenvalue weighted by Crippen LogP contribution is -2.52. The van der Waals surface area contributed by atoms with Crippen molar-refractivity contribution in [2.45, 2.75) is 6.42 Å². The number of rotatable bonds is 8. The van der Waals surface area contributed by atoms with Crippen molar-refractivity contribution < 1.29 is 28.8 Å². The molecule has 0 spiro atoms. The van der Waals surface area contributed by atoms with Crippen molar-refractivity contribution in [3.05, 3.63) is 110 Å². The number of carbonyl (C=O) groups excluding carboxylic acids is 4. The van der Waals surface area contributed by atoms with Crippen LogP contribution < -0.4 is 4.74 Å². The number of hydrogen-bond acceptors (Lipinski definition) is 7. The Hall–Kier alpha value is -4.54. The minimum Gasteiger partial charge on any atom is -0.457 e. The van der Waals surface area contributed by atoms with Crippen LogP contribution in [0.5, 0.6) is 11.5 Å². The molecule has 8 rings (SSSR count). The third kappa shape index (κ3) is 4.65. The number of non-ortho nitro benzene ring substituents is 1. The summed E-state index contributed by atoms with van der Waals surface area (Å²) in [4.78, 5) is 65.6. The zero-order valence-electron chi connectivity index (χ0n) is 22.8. The van der Waals surface area contributed by atoms with Gasteiger partial charge in [-0.25, -0.2) is 5.01 Å². The zero-order valence-corrected chi connectivity index (χ0v) is 24.4. The Morgan fingerprint density at radius 2 is 1.45 bits per heavy atom. The SMILES string of the molecule is O=C(CN(C(=O)c1ccc(Cl)cc1Cl)N1C(=O)[C@@H]2[C@H]3C=C[C@@H]([C@@H]4C[C@@H]34)[C@@H]2C1=O)c1ccc(Oc2ccc([N+](=O)[O-])cc2)cc1. The number of halogens is 2. The fourth-order valence-electron chi connectivity index (χ4n) is 6.92. The molecular weight excluding hydrogens is 609 g/mol. The first-order chi connectivity index (χ1) is 21.1. The lowest BCUT2D eigenvalue weighted by atomic mass is 9.63. The van der Waals surface area contributed by atoms with Gasteiger partial charge in [-0.05, 0) is 84.7 Å². The normalized spacial score (nSPS) is 25.8. The van der Waals surface area contributed by atoms with Crippen LogP contribution in [0.1, 0.15) is 27.1 Å². The Kier molecular flexibility index (Phi) is 6.78. The molecule has 1 saturated heterocycles. The van der Waals surface area contributed by atoms with E-state index in [1.54, 1.807) is 0 Å². The lowest BCUT2D eigenvalue weighted by Gasteiger charge is -2.37. The molecule has 4 aliphatic carbocycles. The number of amides is 3. The van der Waals surface area contributed by atoms with Gasteiger partial charge >= 0.3 is 0 Å². The first-order valence-corrected chi connectivity index (χ1v) is 14.8. The topological polar surface area (TPSA) is 127 Å². The number of ether oxygens (including phenoxy) is 1. The standard InChI is InChI=1S/C32H23Cl2N3O7/c33-17-3-10-23(26(34)13-17)30(39)35(36-31(40)28-21-11-12-22(25-14-24(21)25)29(28)32(36)41)15-27(38)16-1-6-19(7-2-16)44-20-8-4-18(5-9-20)37(42)43/h1-13,21-22,24-25,28-29H,14-15H2/t21-,22-,24-,25-,28-,29+/m0/s1. The van der Waals surface area contributed by atoms with Crippen LogP contribution in [0.15, 0.2) is 78.9 Å². The van der Waals surface area contributed by atoms with Crippen LogP contribution in [-0.2, 0) is 9.59 Å². The minimum absolute atomic E-state index is 0.00451. The van der Waals surface area contributed by atoms with E-state index in [1.165, 1.54) is 66.7 Å². The maximum absolute atomic E-state index is 13.9. The number of hydrogen-bond donors (Lipinski definition) is 0. The van der Waals surface area contributed by atoms with Crippen LogP contribution in [0.3, 0.4) is 0 Å². The summed E-state index contributed by atoms with van der Waals surface area (Å²) in [6.45, 7) is -0.590. The van der Waals surface area contributed by atoms with Crippen LogP contribution in [0.4, 0.5) is 5.69 Å². The molecule has 3 fully saturated rings. The van der Waals surface area contributed by atoms with Gasteiger partial charge in [-0.2, -0.15) is 5.01 Å². The van der Waals surface area contributed by atoms with Crippen LogP contribution in [-0.4, -0.2) is 45.0 Å². The number of imide groups is 1. The van der Waals surface area contributed by atoms with Gasteiger partial charge in [0.05, 0.1) is 27.3 Å². The predicted octanol–water partition coefficient (Wildman–Crippen LogP) is 5.99. The van der Waals surface area contributed by atoms with Crippen LogP contribution in [0.25, 0.3) is 0 Å². The summed E-state index contributed by atoms with van der Waals surface area (Å²) in [5.74, 6) is -2.06. The molecule has 1 aliphatic heterocycles. The molecule has 5 aliphatic rings. The second kappa shape index (κ2) is 10.6. The Morgan fingerprint density at radius 3 is 2.00 bits per heavy atom. The van der Waals surface area contributed by atoms with Gasteiger partial charge in [-0.3, -0.25) is 29.3 Å². The molecule has 44 heavy (non-hydrogen) atoms. The van der Waals surface area contributed by atoms with Crippen molar-refractivity contribution in [2.75, 3.05) is 6.54 Å².